The number of nitrogens with one attached hydrogen (secondary N) is 2. The average molecular weight is 440 g/mol. The molecular weight excluding hydrogens is 422 g/mol. The molecule has 30 heavy (non-hydrogen) atoms. The molecule has 0 saturated heterocycles. The van der Waals surface area contributed by atoms with Gasteiger partial charge in [0.05, 0.1) is 14.8 Å². The van der Waals surface area contributed by atoms with Crippen molar-refractivity contribution in [2.75, 3.05) is 0 Å². The van der Waals surface area contributed by atoms with E-state index in [1.54, 1.807) is 48.8 Å². The van der Waals surface area contributed by atoms with Gasteiger partial charge in [0, 0.05) is 29.8 Å². The molecule has 2 heterocycles. The third-order valence-electron chi connectivity index (χ3n) is 4.73. The van der Waals surface area contributed by atoms with E-state index in [9.17, 15) is 13.2 Å². The number of hydrogen-bond donors (Lipinski definition) is 2. The van der Waals surface area contributed by atoms with Crippen LogP contribution in [-0.4, -0.2) is 24.3 Å². The number of sulfone groups is 1. The van der Waals surface area contributed by atoms with E-state index in [2.05, 4.69) is 15.3 Å². The van der Waals surface area contributed by atoms with Crippen LogP contribution in [0.25, 0.3) is 10.9 Å². The van der Waals surface area contributed by atoms with Crippen molar-refractivity contribution in [1.82, 2.24) is 15.3 Å². The molecular formula is C22H18ClN3O3S. The van der Waals surface area contributed by atoms with Crippen LogP contribution < -0.4 is 5.32 Å². The number of fused-ring (bicyclic) bond motifs is 1. The normalized spacial score (nSPS) is 11.5. The lowest BCUT2D eigenvalue weighted by Crippen LogP contribution is -2.23. The topological polar surface area (TPSA) is 91.9 Å². The number of rotatable bonds is 5. The highest BCUT2D eigenvalue weighted by atomic mass is 35.5. The molecule has 0 spiro atoms. The summed E-state index contributed by atoms with van der Waals surface area (Å²) in [6.07, 6.45) is 3.34. The zero-order chi connectivity index (χ0) is 21.3. The third kappa shape index (κ3) is 3.94. The standard InChI is InChI=1S/C22H18ClN3O3S/c1-14-2-7-21(18(23)10-14)30(28,29)17-5-3-15(4-6-17)12-25-22(27)20-11-16-13-24-9-8-19(16)26-20/h2-11,13,26H,12H2,1H3,(H,25,27). The monoisotopic (exact) mass is 439 g/mol. The lowest BCUT2D eigenvalue weighted by atomic mass is 10.2. The Hall–Kier alpha value is -3.16. The minimum atomic E-state index is -3.72. The van der Waals surface area contributed by atoms with Crippen molar-refractivity contribution in [3.05, 3.63) is 88.8 Å². The van der Waals surface area contributed by atoms with Crippen LogP contribution in [0.3, 0.4) is 0 Å². The van der Waals surface area contributed by atoms with E-state index in [-0.39, 0.29) is 27.3 Å². The van der Waals surface area contributed by atoms with E-state index < -0.39 is 9.84 Å². The quantitative estimate of drug-likeness (QED) is 0.485. The highest BCUT2D eigenvalue weighted by Crippen LogP contribution is 2.28. The Morgan fingerprint density at radius 3 is 2.57 bits per heavy atom. The number of halogens is 1. The third-order valence-corrected chi connectivity index (χ3v) is 6.98. The largest absolute Gasteiger partial charge is 0.350 e. The van der Waals surface area contributed by atoms with Crippen LogP contribution in [0.5, 0.6) is 0 Å². The first-order valence-electron chi connectivity index (χ1n) is 9.16. The molecule has 1 amide bonds. The summed E-state index contributed by atoms with van der Waals surface area (Å²) in [6.45, 7) is 2.11. The van der Waals surface area contributed by atoms with Crippen LogP contribution in [0.2, 0.25) is 5.02 Å². The van der Waals surface area contributed by atoms with Gasteiger partial charge in [-0.1, -0.05) is 29.8 Å². The first-order valence-corrected chi connectivity index (χ1v) is 11.0. The summed E-state index contributed by atoms with van der Waals surface area (Å²) in [5, 5.41) is 3.87. The van der Waals surface area contributed by atoms with Crippen LogP contribution in [0, 0.1) is 6.92 Å². The lowest BCUT2D eigenvalue weighted by Gasteiger charge is -2.09. The summed E-state index contributed by atoms with van der Waals surface area (Å²) in [5.41, 5.74) is 2.93. The summed E-state index contributed by atoms with van der Waals surface area (Å²) in [7, 11) is -3.72. The Morgan fingerprint density at radius 2 is 1.87 bits per heavy atom. The number of H-pyrrole nitrogens is 1. The zero-order valence-corrected chi connectivity index (χ0v) is 17.6. The van der Waals surface area contributed by atoms with Crippen molar-refractivity contribution in [2.45, 2.75) is 23.3 Å². The van der Waals surface area contributed by atoms with Gasteiger partial charge in [-0.05, 0) is 54.4 Å². The Kier molecular flexibility index (Phi) is 5.32. The van der Waals surface area contributed by atoms with E-state index >= 15 is 0 Å². The zero-order valence-electron chi connectivity index (χ0n) is 16.0. The maximum Gasteiger partial charge on any atom is 0.267 e. The number of pyridine rings is 1. The molecule has 0 unspecified atom stereocenters. The van der Waals surface area contributed by atoms with Gasteiger partial charge in [-0.3, -0.25) is 9.78 Å². The first-order chi connectivity index (χ1) is 14.3. The molecule has 8 heteroatoms. The van der Waals surface area contributed by atoms with E-state index in [1.807, 2.05) is 6.92 Å². The molecule has 0 aliphatic heterocycles. The molecule has 0 saturated carbocycles. The minimum absolute atomic E-state index is 0.0733. The van der Waals surface area contributed by atoms with Gasteiger partial charge in [0.15, 0.2) is 0 Å². The van der Waals surface area contributed by atoms with Crippen molar-refractivity contribution in [1.29, 1.82) is 0 Å². The Labute approximate surface area is 178 Å². The van der Waals surface area contributed by atoms with Crippen molar-refractivity contribution in [2.24, 2.45) is 0 Å². The number of benzene rings is 2. The Bertz CT molecular complexity index is 1310. The number of carbonyl (C=O) groups excluding carboxylic acids is 1. The SMILES string of the molecule is Cc1ccc(S(=O)(=O)c2ccc(CNC(=O)c3cc4cnccc4[nH]3)cc2)c(Cl)c1. The number of aryl methyl sites for hydroxylation is 1. The molecule has 6 nitrogen and oxygen atoms in total. The van der Waals surface area contributed by atoms with E-state index in [0.29, 0.717) is 5.69 Å². The minimum Gasteiger partial charge on any atom is -0.350 e. The van der Waals surface area contributed by atoms with E-state index in [0.717, 1.165) is 22.0 Å². The smallest absolute Gasteiger partial charge is 0.267 e. The second kappa shape index (κ2) is 7.93. The fraction of sp³-hybridized carbons (Fsp3) is 0.0909. The molecule has 0 atom stereocenters. The van der Waals surface area contributed by atoms with Crippen LogP contribution >= 0.6 is 11.6 Å². The second-order valence-corrected chi connectivity index (χ2v) is 9.24. The molecule has 4 aromatic rings. The molecule has 4 rings (SSSR count). The van der Waals surface area contributed by atoms with Gasteiger partial charge in [-0.2, -0.15) is 0 Å². The van der Waals surface area contributed by atoms with E-state index in [4.69, 9.17) is 11.6 Å². The van der Waals surface area contributed by atoms with Gasteiger partial charge in [0.25, 0.3) is 5.91 Å². The number of aromatic amines is 1. The highest BCUT2D eigenvalue weighted by Gasteiger charge is 2.20. The predicted octanol–water partition coefficient (Wildman–Crippen LogP) is 4.29. The van der Waals surface area contributed by atoms with Crippen molar-refractivity contribution >= 4 is 38.2 Å². The number of amides is 1. The summed E-state index contributed by atoms with van der Waals surface area (Å²) >= 11 is 6.13. The molecule has 152 valence electrons. The Balaban J connectivity index is 1.47. The number of nitrogens with zero attached hydrogens (tertiary/aromatic N) is 1. The fourth-order valence-corrected chi connectivity index (χ4v) is 4.96. The fourth-order valence-electron chi connectivity index (χ4n) is 3.11. The molecule has 2 aromatic carbocycles. The number of aromatic nitrogens is 2. The predicted molar refractivity (Wildman–Crippen MR) is 115 cm³/mol. The maximum atomic E-state index is 12.9. The van der Waals surface area contributed by atoms with Crippen LogP contribution in [0.4, 0.5) is 0 Å². The highest BCUT2D eigenvalue weighted by molar-refractivity contribution is 7.91. The van der Waals surface area contributed by atoms with Gasteiger partial charge in [0.1, 0.15) is 5.69 Å². The molecule has 2 N–H and O–H groups in total. The summed E-state index contributed by atoms with van der Waals surface area (Å²) in [5.74, 6) is -0.255. The summed E-state index contributed by atoms with van der Waals surface area (Å²) in [4.78, 5) is 19.7. The molecule has 0 fully saturated rings. The second-order valence-electron chi connectivity index (χ2n) is 6.91. The number of carbonyl (C=O) groups is 1. The van der Waals surface area contributed by atoms with Gasteiger partial charge in [-0.25, -0.2) is 8.42 Å². The molecule has 0 radical (unpaired) electrons. The average Bonchev–Trinajstić information content (AvgIpc) is 3.16. The summed E-state index contributed by atoms with van der Waals surface area (Å²) in [6, 6.07) is 14.8. The van der Waals surface area contributed by atoms with Gasteiger partial charge >= 0.3 is 0 Å². The van der Waals surface area contributed by atoms with Gasteiger partial charge in [0.2, 0.25) is 9.84 Å². The van der Waals surface area contributed by atoms with Crippen LogP contribution in [0.15, 0.2) is 76.8 Å². The van der Waals surface area contributed by atoms with E-state index in [1.165, 1.54) is 18.2 Å². The maximum absolute atomic E-state index is 12.9. The van der Waals surface area contributed by atoms with Gasteiger partial charge in [-0.15, -0.1) is 0 Å². The molecule has 0 aliphatic carbocycles. The van der Waals surface area contributed by atoms with Crippen molar-refractivity contribution < 1.29 is 13.2 Å². The van der Waals surface area contributed by atoms with Crippen molar-refractivity contribution in [3.63, 3.8) is 0 Å². The molecule has 0 bridgehead atoms. The Morgan fingerprint density at radius 1 is 1.10 bits per heavy atom. The van der Waals surface area contributed by atoms with Gasteiger partial charge < -0.3 is 10.3 Å². The summed E-state index contributed by atoms with van der Waals surface area (Å²) < 4.78 is 25.7. The van der Waals surface area contributed by atoms with Crippen molar-refractivity contribution in [3.8, 4) is 0 Å². The molecule has 2 aromatic heterocycles. The molecule has 0 aliphatic rings. The van der Waals surface area contributed by atoms with Crippen LogP contribution in [0.1, 0.15) is 21.6 Å². The lowest BCUT2D eigenvalue weighted by molar-refractivity contribution is 0.0946. The number of hydrogen-bond acceptors (Lipinski definition) is 4. The van der Waals surface area contributed by atoms with Crippen LogP contribution in [-0.2, 0) is 16.4 Å². The first kappa shape index (κ1) is 20.1.